The van der Waals surface area contributed by atoms with Crippen molar-refractivity contribution in [3.63, 3.8) is 0 Å². The monoisotopic (exact) mass is 436 g/mol. The normalized spacial score (nSPS) is 15.2. The molecule has 1 heterocycles. The SMILES string of the molecule is CC(Cc1cc(-c2ccc3c(ccn3C)c2)c(OCC2CCCC2)c([N+](=O)[O-])c1)C(=O)O. The third kappa shape index (κ3) is 4.47. The molecule has 1 atom stereocenters. The molecule has 1 unspecified atom stereocenters. The van der Waals surface area contributed by atoms with Crippen molar-refractivity contribution in [1.29, 1.82) is 0 Å². The van der Waals surface area contributed by atoms with E-state index < -0.39 is 16.8 Å². The van der Waals surface area contributed by atoms with Crippen LogP contribution in [0.3, 0.4) is 0 Å². The van der Waals surface area contributed by atoms with Crippen LogP contribution in [0.5, 0.6) is 5.75 Å². The van der Waals surface area contributed by atoms with Gasteiger partial charge < -0.3 is 14.4 Å². The summed E-state index contributed by atoms with van der Waals surface area (Å²) in [5.41, 5.74) is 3.02. The zero-order valence-electron chi connectivity index (χ0n) is 18.4. The number of benzene rings is 2. The van der Waals surface area contributed by atoms with Crippen LogP contribution < -0.4 is 4.74 Å². The molecule has 7 nitrogen and oxygen atoms in total. The number of carboxylic acid groups (broad SMARTS) is 1. The van der Waals surface area contributed by atoms with E-state index in [4.69, 9.17) is 4.74 Å². The number of ether oxygens (including phenoxy) is 1. The molecule has 168 valence electrons. The molecular weight excluding hydrogens is 408 g/mol. The Kier molecular flexibility index (Phi) is 6.17. The molecule has 3 aromatic rings. The molecular formula is C25H28N2O5. The summed E-state index contributed by atoms with van der Waals surface area (Å²) < 4.78 is 8.15. The molecule has 0 amide bonds. The summed E-state index contributed by atoms with van der Waals surface area (Å²) in [7, 11) is 1.97. The smallest absolute Gasteiger partial charge is 0.311 e. The Bertz CT molecular complexity index is 1160. The molecule has 0 radical (unpaired) electrons. The molecule has 1 fully saturated rings. The van der Waals surface area contributed by atoms with Gasteiger partial charge >= 0.3 is 11.7 Å². The first-order chi connectivity index (χ1) is 15.3. The summed E-state index contributed by atoms with van der Waals surface area (Å²) in [5.74, 6) is -0.902. The molecule has 1 N–H and O–H groups in total. The minimum absolute atomic E-state index is 0.110. The van der Waals surface area contributed by atoms with Gasteiger partial charge in [0.05, 0.1) is 17.4 Å². The average molecular weight is 437 g/mol. The number of hydrogen-bond donors (Lipinski definition) is 1. The molecule has 0 aliphatic heterocycles. The Hall–Kier alpha value is -3.35. The van der Waals surface area contributed by atoms with Crippen LogP contribution in [-0.4, -0.2) is 27.2 Å². The molecule has 0 bridgehead atoms. The fourth-order valence-electron chi connectivity index (χ4n) is 4.56. The summed E-state index contributed by atoms with van der Waals surface area (Å²) in [6.07, 6.45) is 6.67. The molecule has 0 saturated heterocycles. The predicted molar refractivity (Wildman–Crippen MR) is 123 cm³/mol. The Morgan fingerprint density at radius 2 is 2.00 bits per heavy atom. The summed E-state index contributed by atoms with van der Waals surface area (Å²) in [4.78, 5) is 22.9. The van der Waals surface area contributed by atoms with E-state index in [0.29, 0.717) is 23.7 Å². The third-order valence-corrected chi connectivity index (χ3v) is 6.42. The van der Waals surface area contributed by atoms with E-state index in [1.165, 1.54) is 18.9 Å². The number of rotatable bonds is 8. The van der Waals surface area contributed by atoms with Crippen LogP contribution in [0, 0.1) is 22.0 Å². The maximum absolute atomic E-state index is 12.0. The molecule has 1 aromatic heterocycles. The molecule has 1 aliphatic carbocycles. The van der Waals surface area contributed by atoms with Crippen LogP contribution in [0.4, 0.5) is 5.69 Å². The van der Waals surface area contributed by atoms with E-state index in [0.717, 1.165) is 29.3 Å². The van der Waals surface area contributed by atoms with Crippen LogP contribution in [-0.2, 0) is 18.3 Å². The fourth-order valence-corrected chi connectivity index (χ4v) is 4.56. The summed E-state index contributed by atoms with van der Waals surface area (Å²) in [6.45, 7) is 2.06. The van der Waals surface area contributed by atoms with Gasteiger partial charge in [-0.05, 0) is 60.6 Å². The molecule has 4 rings (SSSR count). The van der Waals surface area contributed by atoms with Gasteiger partial charge in [0.15, 0.2) is 0 Å². The van der Waals surface area contributed by atoms with E-state index in [1.807, 2.05) is 48.1 Å². The second kappa shape index (κ2) is 9.02. The zero-order valence-corrected chi connectivity index (χ0v) is 18.4. The number of nitro benzene ring substituents is 1. The first-order valence-corrected chi connectivity index (χ1v) is 11.1. The quantitative estimate of drug-likeness (QED) is 0.367. The lowest BCUT2D eigenvalue weighted by Crippen LogP contribution is -2.13. The molecule has 2 aromatic carbocycles. The van der Waals surface area contributed by atoms with Gasteiger partial charge in [0.2, 0.25) is 5.75 Å². The Labute approximate surface area is 186 Å². The van der Waals surface area contributed by atoms with Crippen molar-refractivity contribution in [2.45, 2.75) is 39.0 Å². The highest BCUT2D eigenvalue weighted by Crippen LogP contribution is 2.41. The summed E-state index contributed by atoms with van der Waals surface area (Å²) in [5, 5.41) is 22.3. The van der Waals surface area contributed by atoms with E-state index in [2.05, 4.69) is 0 Å². The zero-order chi connectivity index (χ0) is 22.8. The number of fused-ring (bicyclic) bond motifs is 1. The number of hydrogen-bond acceptors (Lipinski definition) is 4. The highest BCUT2D eigenvalue weighted by atomic mass is 16.6. The highest BCUT2D eigenvalue weighted by Gasteiger charge is 2.26. The molecule has 7 heteroatoms. The van der Waals surface area contributed by atoms with Crippen LogP contribution in [0.2, 0.25) is 0 Å². The minimum atomic E-state index is -0.929. The van der Waals surface area contributed by atoms with E-state index in [9.17, 15) is 20.0 Å². The van der Waals surface area contributed by atoms with E-state index in [1.54, 1.807) is 6.92 Å². The average Bonchev–Trinajstić information content (AvgIpc) is 3.41. The minimum Gasteiger partial charge on any atom is -0.486 e. The maximum atomic E-state index is 12.0. The van der Waals surface area contributed by atoms with E-state index >= 15 is 0 Å². The topological polar surface area (TPSA) is 94.6 Å². The second-order valence-electron chi connectivity index (χ2n) is 8.85. The van der Waals surface area contributed by atoms with Gasteiger partial charge in [-0.25, -0.2) is 0 Å². The second-order valence-corrected chi connectivity index (χ2v) is 8.85. The first-order valence-electron chi connectivity index (χ1n) is 11.1. The Morgan fingerprint density at radius 3 is 2.69 bits per heavy atom. The lowest BCUT2D eigenvalue weighted by Gasteiger charge is -2.17. The van der Waals surface area contributed by atoms with Crippen molar-refractivity contribution in [2.24, 2.45) is 18.9 Å². The largest absolute Gasteiger partial charge is 0.486 e. The predicted octanol–water partition coefficient (Wildman–Crippen LogP) is 5.59. The third-order valence-electron chi connectivity index (χ3n) is 6.42. The number of carboxylic acids is 1. The number of aliphatic carboxylic acids is 1. The Balaban J connectivity index is 1.82. The number of carbonyl (C=O) groups is 1. The van der Waals surface area contributed by atoms with Crippen LogP contribution in [0.15, 0.2) is 42.6 Å². The van der Waals surface area contributed by atoms with E-state index in [-0.39, 0.29) is 17.9 Å². The summed E-state index contributed by atoms with van der Waals surface area (Å²) in [6, 6.07) is 11.2. The van der Waals surface area contributed by atoms with Gasteiger partial charge in [-0.2, -0.15) is 0 Å². The lowest BCUT2D eigenvalue weighted by molar-refractivity contribution is -0.385. The van der Waals surface area contributed by atoms with Gasteiger partial charge in [0.1, 0.15) is 0 Å². The maximum Gasteiger partial charge on any atom is 0.311 e. The van der Waals surface area contributed by atoms with Gasteiger partial charge in [-0.1, -0.05) is 25.8 Å². The van der Waals surface area contributed by atoms with Crippen molar-refractivity contribution in [2.75, 3.05) is 6.61 Å². The molecule has 1 aliphatic rings. The van der Waals surface area contributed by atoms with Crippen LogP contribution in [0.25, 0.3) is 22.0 Å². The molecule has 32 heavy (non-hydrogen) atoms. The van der Waals surface area contributed by atoms with Crippen LogP contribution in [0.1, 0.15) is 38.2 Å². The lowest BCUT2D eigenvalue weighted by atomic mass is 9.94. The first kappa shape index (κ1) is 21.9. The number of nitro groups is 1. The van der Waals surface area contributed by atoms with Gasteiger partial charge in [-0.3, -0.25) is 14.9 Å². The van der Waals surface area contributed by atoms with Crippen molar-refractivity contribution in [1.82, 2.24) is 4.57 Å². The Morgan fingerprint density at radius 1 is 1.25 bits per heavy atom. The number of nitrogens with zero attached hydrogens (tertiary/aromatic N) is 2. The standard InChI is InChI=1S/C25H28N2O5/c1-16(25(28)29)11-18-12-21(19-7-8-22-20(14-19)9-10-26(22)2)24(23(13-18)27(30)31)32-15-17-5-3-4-6-17/h7-10,12-14,16-17H,3-6,11,15H2,1-2H3,(H,28,29). The molecule has 1 saturated carbocycles. The molecule has 0 spiro atoms. The van der Waals surface area contributed by atoms with Gasteiger partial charge in [0, 0.05) is 35.8 Å². The number of aryl methyl sites for hydroxylation is 1. The van der Waals surface area contributed by atoms with Gasteiger partial charge in [0.25, 0.3) is 0 Å². The fraction of sp³-hybridized carbons (Fsp3) is 0.400. The van der Waals surface area contributed by atoms with Crippen molar-refractivity contribution < 1.29 is 19.6 Å². The van der Waals surface area contributed by atoms with Gasteiger partial charge in [-0.15, -0.1) is 0 Å². The number of aromatic nitrogens is 1. The highest BCUT2D eigenvalue weighted by molar-refractivity contribution is 5.88. The van der Waals surface area contributed by atoms with Crippen molar-refractivity contribution >= 4 is 22.6 Å². The summed E-state index contributed by atoms with van der Waals surface area (Å²) >= 11 is 0. The van der Waals surface area contributed by atoms with Crippen molar-refractivity contribution in [3.8, 4) is 16.9 Å². The van der Waals surface area contributed by atoms with Crippen molar-refractivity contribution in [3.05, 3.63) is 58.3 Å². The van der Waals surface area contributed by atoms with Crippen LogP contribution >= 0.6 is 0 Å².